The van der Waals surface area contributed by atoms with E-state index in [2.05, 4.69) is 25.2 Å². The second-order valence-electron chi connectivity index (χ2n) is 5.48. The monoisotopic (exact) mass is 285 g/mol. The fourth-order valence-electron chi connectivity index (χ4n) is 2.10. The van der Waals surface area contributed by atoms with E-state index >= 15 is 0 Å². The van der Waals surface area contributed by atoms with Gasteiger partial charge in [-0.05, 0) is 35.7 Å². The van der Waals surface area contributed by atoms with E-state index in [1.54, 1.807) is 0 Å². The molecule has 2 aromatic carbocycles. The summed E-state index contributed by atoms with van der Waals surface area (Å²) in [7, 11) is 0. The van der Waals surface area contributed by atoms with Gasteiger partial charge in [-0.2, -0.15) is 0 Å². The zero-order chi connectivity index (χ0) is 15.1. The van der Waals surface area contributed by atoms with Gasteiger partial charge in [0, 0.05) is 12.6 Å². The van der Waals surface area contributed by atoms with E-state index in [0.717, 1.165) is 23.6 Å². The summed E-state index contributed by atoms with van der Waals surface area (Å²) in [5.41, 5.74) is 1.14. The molecule has 0 saturated carbocycles. The Labute approximate surface area is 126 Å². The number of hydrogen-bond donors (Lipinski definition) is 2. The van der Waals surface area contributed by atoms with Gasteiger partial charge in [0.1, 0.15) is 11.5 Å². The highest BCUT2D eigenvalue weighted by Crippen LogP contribution is 2.21. The molecule has 3 nitrogen and oxygen atoms in total. The number of aliphatic hydroxyl groups is 1. The second-order valence-corrected chi connectivity index (χ2v) is 5.48. The normalized spacial score (nSPS) is 12.4. The van der Waals surface area contributed by atoms with Crippen LogP contribution in [0.15, 0.2) is 54.6 Å². The van der Waals surface area contributed by atoms with Gasteiger partial charge in [-0.3, -0.25) is 0 Å². The summed E-state index contributed by atoms with van der Waals surface area (Å²) in [4.78, 5) is 0. The molecule has 0 saturated heterocycles. The highest BCUT2D eigenvalue weighted by molar-refractivity contribution is 5.33. The molecule has 2 aromatic rings. The lowest BCUT2D eigenvalue weighted by Crippen LogP contribution is -2.36. The zero-order valence-corrected chi connectivity index (χ0v) is 12.6. The van der Waals surface area contributed by atoms with Crippen LogP contribution in [-0.2, 0) is 6.54 Å². The molecule has 0 fully saturated rings. The minimum Gasteiger partial charge on any atom is -0.457 e. The molecule has 0 spiro atoms. The summed E-state index contributed by atoms with van der Waals surface area (Å²) >= 11 is 0. The van der Waals surface area contributed by atoms with Gasteiger partial charge in [-0.15, -0.1) is 0 Å². The molecule has 0 aliphatic rings. The quantitative estimate of drug-likeness (QED) is 0.817. The molecule has 0 heterocycles. The smallest absolute Gasteiger partial charge is 0.127 e. The summed E-state index contributed by atoms with van der Waals surface area (Å²) in [5.74, 6) is 2.06. The third kappa shape index (κ3) is 4.88. The standard InChI is InChI=1S/C18H23NO2/c1-14(2)18(13-20)19-12-15-7-6-10-17(11-15)21-16-8-4-3-5-9-16/h3-11,14,18-20H,12-13H2,1-2H3/t18-/m1/s1. The summed E-state index contributed by atoms with van der Waals surface area (Å²) in [6.45, 7) is 5.07. The van der Waals surface area contributed by atoms with Crippen molar-refractivity contribution in [3.8, 4) is 11.5 Å². The maximum absolute atomic E-state index is 9.34. The molecule has 0 bridgehead atoms. The first kappa shape index (κ1) is 15.5. The van der Waals surface area contributed by atoms with Crippen LogP contribution in [0.25, 0.3) is 0 Å². The molecular weight excluding hydrogens is 262 g/mol. The minimum absolute atomic E-state index is 0.115. The average molecular weight is 285 g/mol. The molecule has 2 rings (SSSR count). The SMILES string of the molecule is CC(C)[C@@H](CO)NCc1cccc(Oc2ccccc2)c1. The van der Waals surface area contributed by atoms with Gasteiger partial charge in [0.05, 0.1) is 6.61 Å². The second kappa shape index (κ2) is 7.81. The van der Waals surface area contributed by atoms with Gasteiger partial charge in [0.25, 0.3) is 0 Å². The van der Waals surface area contributed by atoms with Crippen LogP contribution in [0.2, 0.25) is 0 Å². The number of aliphatic hydroxyl groups excluding tert-OH is 1. The lowest BCUT2D eigenvalue weighted by Gasteiger charge is -2.20. The van der Waals surface area contributed by atoms with Gasteiger partial charge in [0.2, 0.25) is 0 Å². The van der Waals surface area contributed by atoms with Crippen LogP contribution in [-0.4, -0.2) is 17.8 Å². The van der Waals surface area contributed by atoms with Crippen molar-refractivity contribution in [3.05, 3.63) is 60.2 Å². The molecule has 3 heteroatoms. The molecule has 2 N–H and O–H groups in total. The average Bonchev–Trinajstić information content (AvgIpc) is 2.49. The number of ether oxygens (including phenoxy) is 1. The summed E-state index contributed by atoms with van der Waals surface area (Å²) in [6.07, 6.45) is 0. The van der Waals surface area contributed by atoms with Crippen molar-refractivity contribution in [3.63, 3.8) is 0 Å². The molecular formula is C18H23NO2. The van der Waals surface area contributed by atoms with E-state index in [4.69, 9.17) is 4.74 Å². The summed E-state index contributed by atoms with van der Waals surface area (Å²) < 4.78 is 5.82. The number of para-hydroxylation sites is 1. The van der Waals surface area contributed by atoms with Gasteiger partial charge in [0.15, 0.2) is 0 Å². The van der Waals surface area contributed by atoms with E-state index in [0.29, 0.717) is 5.92 Å². The van der Waals surface area contributed by atoms with Gasteiger partial charge < -0.3 is 15.2 Å². The third-order valence-corrected chi connectivity index (χ3v) is 3.45. The van der Waals surface area contributed by atoms with Crippen LogP contribution in [0.4, 0.5) is 0 Å². The fourth-order valence-corrected chi connectivity index (χ4v) is 2.10. The Balaban J connectivity index is 1.98. The number of hydrogen-bond acceptors (Lipinski definition) is 3. The molecule has 0 aliphatic carbocycles. The first-order chi connectivity index (χ1) is 10.2. The zero-order valence-electron chi connectivity index (χ0n) is 12.6. The maximum Gasteiger partial charge on any atom is 0.127 e. The van der Waals surface area contributed by atoms with Crippen LogP contribution in [0.5, 0.6) is 11.5 Å². The van der Waals surface area contributed by atoms with Crippen molar-refractivity contribution >= 4 is 0 Å². The van der Waals surface area contributed by atoms with Crippen LogP contribution in [0.1, 0.15) is 19.4 Å². The van der Waals surface area contributed by atoms with E-state index in [1.807, 2.05) is 48.5 Å². The molecule has 0 unspecified atom stereocenters. The van der Waals surface area contributed by atoms with E-state index in [1.165, 1.54) is 0 Å². The Morgan fingerprint density at radius 2 is 1.71 bits per heavy atom. The molecule has 0 aromatic heterocycles. The molecule has 0 aliphatic heterocycles. The topological polar surface area (TPSA) is 41.5 Å². The van der Waals surface area contributed by atoms with Crippen molar-refractivity contribution in [1.82, 2.24) is 5.32 Å². The minimum atomic E-state index is 0.115. The van der Waals surface area contributed by atoms with Crippen LogP contribution in [0.3, 0.4) is 0 Å². The van der Waals surface area contributed by atoms with Gasteiger partial charge in [-0.1, -0.05) is 44.2 Å². The number of nitrogens with one attached hydrogen (secondary N) is 1. The van der Waals surface area contributed by atoms with Crippen molar-refractivity contribution < 1.29 is 9.84 Å². The summed E-state index contributed by atoms with van der Waals surface area (Å²) in [6, 6.07) is 17.9. The predicted molar refractivity (Wildman–Crippen MR) is 85.5 cm³/mol. The highest BCUT2D eigenvalue weighted by atomic mass is 16.5. The van der Waals surface area contributed by atoms with Crippen molar-refractivity contribution in [1.29, 1.82) is 0 Å². The van der Waals surface area contributed by atoms with Crippen LogP contribution < -0.4 is 10.1 Å². The van der Waals surface area contributed by atoms with Gasteiger partial charge >= 0.3 is 0 Å². The Morgan fingerprint density at radius 1 is 1.00 bits per heavy atom. The number of benzene rings is 2. The van der Waals surface area contributed by atoms with Crippen molar-refractivity contribution in [2.24, 2.45) is 5.92 Å². The maximum atomic E-state index is 9.34. The predicted octanol–water partition coefficient (Wildman–Crippen LogP) is 3.59. The van der Waals surface area contributed by atoms with E-state index < -0.39 is 0 Å². The van der Waals surface area contributed by atoms with Gasteiger partial charge in [-0.25, -0.2) is 0 Å². The lowest BCUT2D eigenvalue weighted by molar-refractivity contribution is 0.210. The Bertz CT molecular complexity index is 540. The largest absolute Gasteiger partial charge is 0.457 e. The van der Waals surface area contributed by atoms with Crippen molar-refractivity contribution in [2.45, 2.75) is 26.4 Å². The van der Waals surface area contributed by atoms with Crippen LogP contribution >= 0.6 is 0 Å². The molecule has 0 amide bonds. The summed E-state index contributed by atoms with van der Waals surface area (Å²) in [5, 5.41) is 12.7. The Hall–Kier alpha value is -1.84. The third-order valence-electron chi connectivity index (χ3n) is 3.45. The van der Waals surface area contributed by atoms with Crippen molar-refractivity contribution in [2.75, 3.05) is 6.61 Å². The fraction of sp³-hybridized carbons (Fsp3) is 0.333. The van der Waals surface area contributed by atoms with E-state index in [-0.39, 0.29) is 12.6 Å². The molecule has 21 heavy (non-hydrogen) atoms. The Kier molecular flexibility index (Phi) is 5.78. The molecule has 112 valence electrons. The first-order valence-corrected chi connectivity index (χ1v) is 7.35. The highest BCUT2D eigenvalue weighted by Gasteiger charge is 2.11. The van der Waals surface area contributed by atoms with E-state index in [9.17, 15) is 5.11 Å². The first-order valence-electron chi connectivity index (χ1n) is 7.35. The lowest BCUT2D eigenvalue weighted by atomic mass is 10.1. The molecule has 0 radical (unpaired) electrons. The van der Waals surface area contributed by atoms with Crippen LogP contribution in [0, 0.1) is 5.92 Å². The Morgan fingerprint density at radius 3 is 2.38 bits per heavy atom. The number of rotatable bonds is 7. The molecule has 1 atom stereocenters.